The quantitative estimate of drug-likeness (QED) is 0.649. The molecule has 29 heavy (non-hydrogen) atoms. The Morgan fingerprint density at radius 1 is 1.07 bits per heavy atom. The Morgan fingerprint density at radius 3 is 2.34 bits per heavy atom. The maximum Gasteiger partial charge on any atom is 0.416 e. The fraction of sp³-hybridized carbons (Fsp3) is 0.250. The van der Waals surface area contributed by atoms with Gasteiger partial charge in [-0.05, 0) is 30.2 Å². The fourth-order valence-corrected chi connectivity index (χ4v) is 3.76. The van der Waals surface area contributed by atoms with Crippen LogP contribution >= 0.6 is 0 Å². The number of carbonyl (C=O) groups is 1. The summed E-state index contributed by atoms with van der Waals surface area (Å²) in [4.78, 5) is 12.5. The van der Waals surface area contributed by atoms with Crippen molar-refractivity contribution in [2.24, 2.45) is 0 Å². The number of benzene rings is 2. The van der Waals surface area contributed by atoms with Crippen molar-refractivity contribution in [2.75, 3.05) is 12.8 Å². The van der Waals surface area contributed by atoms with Crippen LogP contribution in [0.1, 0.15) is 27.2 Å². The van der Waals surface area contributed by atoms with Crippen LogP contribution in [-0.4, -0.2) is 27.1 Å². The Hall–Kier alpha value is -2.81. The van der Waals surface area contributed by atoms with Gasteiger partial charge in [-0.3, -0.25) is 4.79 Å². The van der Waals surface area contributed by atoms with E-state index in [0.717, 1.165) is 18.4 Å². The van der Waals surface area contributed by atoms with E-state index < -0.39 is 27.5 Å². The van der Waals surface area contributed by atoms with Gasteiger partial charge in [-0.2, -0.15) is 13.2 Å². The molecule has 0 aliphatic carbocycles. The highest BCUT2D eigenvalue weighted by Gasteiger charge is 2.30. The molecule has 2 aromatic carbocycles. The van der Waals surface area contributed by atoms with Crippen molar-refractivity contribution in [1.82, 2.24) is 5.32 Å². The molecule has 154 valence electrons. The number of furan rings is 1. The van der Waals surface area contributed by atoms with E-state index in [-0.39, 0.29) is 23.6 Å². The highest BCUT2D eigenvalue weighted by molar-refractivity contribution is 7.89. The number of hydrogen-bond donors (Lipinski definition) is 1. The Kier molecular flexibility index (Phi) is 5.70. The van der Waals surface area contributed by atoms with Crippen LogP contribution in [0.4, 0.5) is 13.2 Å². The lowest BCUT2D eigenvalue weighted by molar-refractivity contribution is -0.137. The van der Waals surface area contributed by atoms with Crippen LogP contribution < -0.4 is 5.32 Å². The van der Waals surface area contributed by atoms with E-state index in [1.165, 1.54) is 12.1 Å². The fourth-order valence-electron chi connectivity index (χ4n) is 2.95. The standard InChI is InChI=1S/C20H18F3NO4S/c1-29(26,27)12-16-15-4-2-3-5-17(15)28-18(16)19(25)24-11-10-13-6-8-14(9-7-13)20(21,22)23/h2-9H,10-12H2,1H3,(H,24,25). The molecule has 1 heterocycles. The predicted octanol–water partition coefficient (Wildman–Crippen LogP) is 3.97. The third kappa shape index (κ3) is 5.17. The van der Waals surface area contributed by atoms with Crippen LogP contribution in [0.5, 0.6) is 0 Å². The number of carbonyl (C=O) groups excluding carboxylic acids is 1. The molecule has 5 nitrogen and oxygen atoms in total. The summed E-state index contributed by atoms with van der Waals surface area (Å²) in [6, 6.07) is 11.4. The van der Waals surface area contributed by atoms with Crippen LogP contribution in [0.2, 0.25) is 0 Å². The number of nitrogens with one attached hydrogen (secondary N) is 1. The molecule has 0 fully saturated rings. The van der Waals surface area contributed by atoms with E-state index in [1.807, 2.05) is 0 Å². The van der Waals surface area contributed by atoms with Crippen LogP contribution in [0, 0.1) is 0 Å². The van der Waals surface area contributed by atoms with Gasteiger partial charge in [0.25, 0.3) is 5.91 Å². The van der Waals surface area contributed by atoms with Gasteiger partial charge in [0.1, 0.15) is 5.58 Å². The molecular weight excluding hydrogens is 407 g/mol. The van der Waals surface area contributed by atoms with Gasteiger partial charge in [-0.15, -0.1) is 0 Å². The van der Waals surface area contributed by atoms with Gasteiger partial charge in [0, 0.05) is 23.8 Å². The van der Waals surface area contributed by atoms with Crippen molar-refractivity contribution >= 4 is 26.7 Å². The molecule has 0 aliphatic rings. The number of hydrogen-bond acceptors (Lipinski definition) is 4. The Bertz CT molecular complexity index is 1130. The SMILES string of the molecule is CS(=O)(=O)Cc1c(C(=O)NCCc2ccc(C(F)(F)F)cc2)oc2ccccc12. The van der Waals surface area contributed by atoms with E-state index in [4.69, 9.17) is 4.42 Å². The number of alkyl halides is 3. The molecule has 9 heteroatoms. The van der Waals surface area contributed by atoms with Crippen LogP contribution in [0.15, 0.2) is 52.9 Å². The summed E-state index contributed by atoms with van der Waals surface area (Å²) in [6.07, 6.45) is -3.02. The Labute approximate surface area is 165 Å². The zero-order chi connectivity index (χ0) is 21.2. The van der Waals surface area contributed by atoms with Gasteiger partial charge >= 0.3 is 6.18 Å². The van der Waals surface area contributed by atoms with E-state index in [0.29, 0.717) is 23.0 Å². The average molecular weight is 425 g/mol. The minimum atomic E-state index is -4.40. The molecular formula is C20H18F3NO4S. The second-order valence-electron chi connectivity index (χ2n) is 6.68. The van der Waals surface area contributed by atoms with E-state index >= 15 is 0 Å². The lowest BCUT2D eigenvalue weighted by Crippen LogP contribution is -2.26. The first-order valence-electron chi connectivity index (χ1n) is 8.67. The van der Waals surface area contributed by atoms with Crippen molar-refractivity contribution in [3.05, 3.63) is 71.0 Å². The highest BCUT2D eigenvalue weighted by Crippen LogP contribution is 2.29. The zero-order valence-electron chi connectivity index (χ0n) is 15.4. The maximum atomic E-state index is 12.6. The minimum absolute atomic E-state index is 0.0796. The van der Waals surface area contributed by atoms with Crippen molar-refractivity contribution in [1.29, 1.82) is 0 Å². The van der Waals surface area contributed by atoms with E-state index in [9.17, 15) is 26.4 Å². The number of halogens is 3. The molecule has 1 amide bonds. The zero-order valence-corrected chi connectivity index (χ0v) is 16.2. The maximum absolute atomic E-state index is 12.6. The van der Waals surface area contributed by atoms with Crippen molar-refractivity contribution in [3.63, 3.8) is 0 Å². The molecule has 0 unspecified atom stereocenters. The summed E-state index contributed by atoms with van der Waals surface area (Å²) in [5.74, 6) is -0.998. The number of fused-ring (bicyclic) bond motifs is 1. The number of rotatable bonds is 6. The molecule has 0 spiro atoms. The molecule has 0 bridgehead atoms. The molecule has 0 atom stereocenters. The van der Waals surface area contributed by atoms with Gasteiger partial charge in [-0.25, -0.2) is 8.42 Å². The largest absolute Gasteiger partial charge is 0.451 e. The van der Waals surface area contributed by atoms with E-state index in [1.54, 1.807) is 24.3 Å². The highest BCUT2D eigenvalue weighted by atomic mass is 32.2. The molecule has 0 saturated carbocycles. The van der Waals surface area contributed by atoms with Crippen LogP contribution in [0.3, 0.4) is 0 Å². The summed E-state index contributed by atoms with van der Waals surface area (Å²) in [5.41, 5.74) is 0.575. The summed E-state index contributed by atoms with van der Waals surface area (Å²) in [5, 5.41) is 3.18. The summed E-state index contributed by atoms with van der Waals surface area (Å²) < 4.78 is 66.9. The third-order valence-corrected chi connectivity index (χ3v) is 5.10. The topological polar surface area (TPSA) is 76.4 Å². The van der Waals surface area contributed by atoms with Crippen molar-refractivity contribution in [2.45, 2.75) is 18.3 Å². The van der Waals surface area contributed by atoms with Gasteiger partial charge < -0.3 is 9.73 Å². The van der Waals surface area contributed by atoms with Gasteiger partial charge in [0.05, 0.1) is 11.3 Å². The molecule has 0 saturated heterocycles. The predicted molar refractivity (Wildman–Crippen MR) is 102 cm³/mol. The van der Waals surface area contributed by atoms with Gasteiger partial charge in [-0.1, -0.05) is 30.3 Å². The van der Waals surface area contributed by atoms with Gasteiger partial charge in [0.2, 0.25) is 0 Å². The average Bonchev–Trinajstić information content (AvgIpc) is 2.98. The second-order valence-corrected chi connectivity index (χ2v) is 8.82. The summed E-state index contributed by atoms with van der Waals surface area (Å²) >= 11 is 0. The number of amides is 1. The normalized spacial score (nSPS) is 12.3. The molecule has 3 aromatic rings. The Morgan fingerprint density at radius 2 is 1.72 bits per heavy atom. The first kappa shape index (κ1) is 20.9. The second kappa shape index (κ2) is 7.90. The van der Waals surface area contributed by atoms with Crippen LogP contribution in [0.25, 0.3) is 11.0 Å². The molecule has 3 rings (SSSR count). The lowest BCUT2D eigenvalue weighted by Gasteiger charge is -2.08. The molecule has 1 aromatic heterocycles. The molecule has 0 radical (unpaired) electrons. The Balaban J connectivity index is 1.72. The van der Waals surface area contributed by atoms with E-state index in [2.05, 4.69) is 5.32 Å². The van der Waals surface area contributed by atoms with Crippen LogP contribution in [-0.2, 0) is 28.2 Å². The van der Waals surface area contributed by atoms with Crippen molar-refractivity contribution in [3.8, 4) is 0 Å². The number of para-hydroxylation sites is 1. The lowest BCUT2D eigenvalue weighted by atomic mass is 10.1. The first-order chi connectivity index (χ1) is 13.5. The molecule has 1 N–H and O–H groups in total. The number of sulfone groups is 1. The monoisotopic (exact) mass is 425 g/mol. The third-order valence-electron chi connectivity index (χ3n) is 4.29. The summed E-state index contributed by atoms with van der Waals surface area (Å²) in [7, 11) is -3.41. The summed E-state index contributed by atoms with van der Waals surface area (Å²) in [6.45, 7) is 0.152. The van der Waals surface area contributed by atoms with Crippen molar-refractivity contribution < 1.29 is 30.8 Å². The smallest absolute Gasteiger partial charge is 0.416 e. The van der Waals surface area contributed by atoms with Gasteiger partial charge in [0.15, 0.2) is 15.6 Å². The molecule has 0 aliphatic heterocycles. The first-order valence-corrected chi connectivity index (χ1v) is 10.7. The minimum Gasteiger partial charge on any atom is -0.451 e.